The minimum absolute atomic E-state index is 0.0540. The van der Waals surface area contributed by atoms with Gasteiger partial charge >= 0.3 is 5.97 Å². The Bertz CT molecular complexity index is 1260. The third kappa shape index (κ3) is 4.89. The van der Waals surface area contributed by atoms with Crippen molar-refractivity contribution in [2.75, 3.05) is 11.5 Å². The van der Waals surface area contributed by atoms with Crippen LogP contribution in [0.1, 0.15) is 36.6 Å². The van der Waals surface area contributed by atoms with Crippen LogP contribution in [0.2, 0.25) is 10.0 Å². The van der Waals surface area contributed by atoms with Gasteiger partial charge in [0.2, 0.25) is 0 Å². The molecule has 1 aliphatic heterocycles. The number of benzene rings is 3. The summed E-state index contributed by atoms with van der Waals surface area (Å²) < 4.78 is 5.05. The van der Waals surface area contributed by atoms with Gasteiger partial charge in [-0.2, -0.15) is 0 Å². The Morgan fingerprint density at radius 3 is 2.09 bits per heavy atom. The molecular weight excluding hydrogens is 467 g/mol. The van der Waals surface area contributed by atoms with Crippen LogP contribution < -0.4 is 10.2 Å². The molecule has 9 heteroatoms. The molecule has 1 N–H and O–H groups in total. The van der Waals surface area contributed by atoms with Gasteiger partial charge in [0.15, 0.2) is 6.61 Å². The molecule has 0 spiro atoms. The van der Waals surface area contributed by atoms with Gasteiger partial charge in [-0.15, -0.1) is 0 Å². The van der Waals surface area contributed by atoms with Gasteiger partial charge < -0.3 is 10.1 Å². The van der Waals surface area contributed by atoms with Crippen molar-refractivity contribution < 1.29 is 23.9 Å². The van der Waals surface area contributed by atoms with E-state index in [0.29, 0.717) is 15.7 Å². The zero-order chi connectivity index (χ0) is 23.5. The van der Waals surface area contributed by atoms with E-state index in [1.807, 2.05) is 0 Å². The minimum atomic E-state index is -0.787. The smallest absolute Gasteiger partial charge is 0.338 e. The van der Waals surface area contributed by atoms with Crippen molar-refractivity contribution in [3.63, 3.8) is 0 Å². The normalized spacial score (nSPS) is 12.5. The highest BCUT2D eigenvalue weighted by Crippen LogP contribution is 2.30. The largest absolute Gasteiger partial charge is 0.452 e. The molecule has 3 amide bonds. The molecule has 0 aliphatic carbocycles. The van der Waals surface area contributed by atoms with Gasteiger partial charge in [0.25, 0.3) is 17.7 Å². The molecule has 166 valence electrons. The standard InChI is InChI=1S/C24H16Cl2N2O5/c25-16-4-1-14(2-5-16)12-27-21(29)13-33-24(32)15-3-10-19-20(11-15)23(31)28(22(19)30)18-8-6-17(26)7-9-18/h1-11H,12-13H2,(H,27,29). The predicted molar refractivity (Wildman–Crippen MR) is 123 cm³/mol. The first-order valence-electron chi connectivity index (χ1n) is 9.80. The van der Waals surface area contributed by atoms with E-state index in [9.17, 15) is 19.2 Å². The van der Waals surface area contributed by atoms with Crippen LogP contribution in [0.25, 0.3) is 0 Å². The third-order valence-electron chi connectivity index (χ3n) is 4.94. The summed E-state index contributed by atoms with van der Waals surface area (Å²) in [5.41, 5.74) is 1.51. The Hall–Kier alpha value is -3.68. The molecule has 7 nitrogen and oxygen atoms in total. The molecule has 33 heavy (non-hydrogen) atoms. The van der Waals surface area contributed by atoms with Crippen molar-refractivity contribution in [2.45, 2.75) is 6.54 Å². The van der Waals surface area contributed by atoms with Crippen LogP contribution in [-0.4, -0.2) is 30.3 Å². The lowest BCUT2D eigenvalue weighted by atomic mass is 10.1. The maximum atomic E-state index is 12.8. The van der Waals surface area contributed by atoms with Crippen molar-refractivity contribution in [1.82, 2.24) is 5.32 Å². The van der Waals surface area contributed by atoms with Crippen molar-refractivity contribution in [1.29, 1.82) is 0 Å². The van der Waals surface area contributed by atoms with Gasteiger partial charge in [-0.1, -0.05) is 35.3 Å². The molecule has 3 aromatic carbocycles. The highest BCUT2D eigenvalue weighted by atomic mass is 35.5. The second-order valence-corrected chi connectivity index (χ2v) is 8.03. The van der Waals surface area contributed by atoms with Crippen LogP contribution in [0.15, 0.2) is 66.7 Å². The van der Waals surface area contributed by atoms with E-state index in [0.717, 1.165) is 10.5 Å². The van der Waals surface area contributed by atoms with Crippen molar-refractivity contribution >= 4 is 52.6 Å². The van der Waals surface area contributed by atoms with E-state index in [1.54, 1.807) is 48.5 Å². The second kappa shape index (κ2) is 9.44. The number of hydrogen-bond acceptors (Lipinski definition) is 5. The van der Waals surface area contributed by atoms with Crippen molar-refractivity contribution in [3.8, 4) is 0 Å². The lowest BCUT2D eigenvalue weighted by Gasteiger charge is -2.13. The number of ether oxygens (including phenoxy) is 1. The SMILES string of the molecule is O=C(COC(=O)c1ccc2c(c1)C(=O)N(c1ccc(Cl)cc1)C2=O)NCc1ccc(Cl)cc1. The third-order valence-corrected chi connectivity index (χ3v) is 5.45. The van der Waals surface area contributed by atoms with Crippen molar-refractivity contribution in [3.05, 3.63) is 99.0 Å². The van der Waals surface area contributed by atoms with Crippen LogP contribution >= 0.6 is 23.2 Å². The number of anilines is 1. The number of amides is 3. The number of carbonyl (C=O) groups is 4. The Balaban J connectivity index is 1.39. The maximum Gasteiger partial charge on any atom is 0.338 e. The van der Waals surface area contributed by atoms with E-state index in [-0.39, 0.29) is 23.2 Å². The van der Waals surface area contributed by atoms with Crippen LogP contribution in [0.3, 0.4) is 0 Å². The molecule has 0 fully saturated rings. The van der Waals surface area contributed by atoms with E-state index in [2.05, 4.69) is 5.32 Å². The highest BCUT2D eigenvalue weighted by molar-refractivity contribution is 6.35. The van der Waals surface area contributed by atoms with E-state index in [1.165, 1.54) is 18.2 Å². The lowest BCUT2D eigenvalue weighted by Crippen LogP contribution is -2.29. The fourth-order valence-electron chi connectivity index (χ4n) is 3.26. The lowest BCUT2D eigenvalue weighted by molar-refractivity contribution is -0.124. The Labute approximate surface area is 198 Å². The number of fused-ring (bicyclic) bond motifs is 1. The topological polar surface area (TPSA) is 92.8 Å². The summed E-state index contributed by atoms with van der Waals surface area (Å²) in [6.07, 6.45) is 0. The summed E-state index contributed by atoms with van der Waals surface area (Å²) in [5.74, 6) is -2.34. The average Bonchev–Trinajstić information content (AvgIpc) is 3.07. The Morgan fingerprint density at radius 2 is 1.42 bits per heavy atom. The molecular formula is C24H16Cl2N2O5. The molecule has 3 aromatic rings. The van der Waals surface area contributed by atoms with E-state index in [4.69, 9.17) is 27.9 Å². The number of hydrogen-bond donors (Lipinski definition) is 1. The first-order chi connectivity index (χ1) is 15.8. The van der Waals surface area contributed by atoms with Crippen molar-refractivity contribution in [2.24, 2.45) is 0 Å². The number of carbonyl (C=O) groups excluding carboxylic acids is 4. The van der Waals surface area contributed by atoms with Gasteiger partial charge in [-0.05, 0) is 60.2 Å². The summed E-state index contributed by atoms with van der Waals surface area (Å²) in [6.45, 7) is -0.239. The number of nitrogens with zero attached hydrogens (tertiary/aromatic N) is 1. The fraction of sp³-hybridized carbons (Fsp3) is 0.0833. The summed E-state index contributed by atoms with van der Waals surface area (Å²) in [7, 11) is 0. The Kier molecular flexibility index (Phi) is 6.44. The van der Waals surface area contributed by atoms with Gasteiger partial charge in [0.1, 0.15) is 0 Å². The molecule has 0 saturated heterocycles. The molecule has 4 rings (SSSR count). The van der Waals surface area contributed by atoms with Crippen LogP contribution in [0, 0.1) is 0 Å². The van der Waals surface area contributed by atoms with E-state index >= 15 is 0 Å². The first-order valence-corrected chi connectivity index (χ1v) is 10.6. The van der Waals surface area contributed by atoms with Gasteiger partial charge in [0.05, 0.1) is 22.4 Å². The predicted octanol–water partition coefficient (Wildman–Crippen LogP) is 4.27. The van der Waals surface area contributed by atoms with E-state index < -0.39 is 30.3 Å². The summed E-state index contributed by atoms with van der Waals surface area (Å²) in [4.78, 5) is 50.9. The quantitative estimate of drug-likeness (QED) is 0.418. The molecule has 0 saturated carbocycles. The van der Waals surface area contributed by atoms with Crippen LogP contribution in [-0.2, 0) is 16.1 Å². The zero-order valence-corrected chi connectivity index (χ0v) is 18.5. The summed E-state index contributed by atoms with van der Waals surface area (Å²) >= 11 is 11.7. The first kappa shape index (κ1) is 22.5. The number of rotatable bonds is 6. The number of nitrogens with one attached hydrogen (secondary N) is 1. The molecule has 0 radical (unpaired) electrons. The van der Waals surface area contributed by atoms with Crippen LogP contribution in [0.4, 0.5) is 5.69 Å². The molecule has 0 bridgehead atoms. The van der Waals surface area contributed by atoms with Crippen LogP contribution in [0.5, 0.6) is 0 Å². The van der Waals surface area contributed by atoms with Gasteiger partial charge in [-0.25, -0.2) is 9.69 Å². The molecule has 0 unspecified atom stereocenters. The summed E-state index contributed by atoms with van der Waals surface area (Å²) in [5, 5.41) is 3.69. The van der Waals surface area contributed by atoms with Gasteiger partial charge in [0, 0.05) is 16.6 Å². The highest BCUT2D eigenvalue weighted by Gasteiger charge is 2.37. The van der Waals surface area contributed by atoms with Gasteiger partial charge in [-0.3, -0.25) is 14.4 Å². The molecule has 0 aromatic heterocycles. The number of esters is 1. The minimum Gasteiger partial charge on any atom is -0.452 e. The molecule has 0 atom stereocenters. The second-order valence-electron chi connectivity index (χ2n) is 7.16. The summed E-state index contributed by atoms with van der Waals surface area (Å²) in [6, 6.07) is 17.3. The number of halogens is 2. The fourth-order valence-corrected chi connectivity index (χ4v) is 3.51. The molecule has 1 heterocycles. The zero-order valence-electron chi connectivity index (χ0n) is 17.0. The molecule has 1 aliphatic rings. The number of imide groups is 1. The average molecular weight is 483 g/mol. The maximum absolute atomic E-state index is 12.8. The monoisotopic (exact) mass is 482 g/mol. The Morgan fingerprint density at radius 1 is 0.818 bits per heavy atom.